The molecule has 4 fully saturated rings. The van der Waals surface area contributed by atoms with Gasteiger partial charge in [-0.05, 0) is 95.1 Å². The Balaban J connectivity index is 0.000000143. The molecule has 6 aromatic rings. The Hall–Kier alpha value is -6.64. The minimum Gasteiger partial charge on any atom is -0.271 e. The summed E-state index contributed by atoms with van der Waals surface area (Å²) < 4.78 is 0. The summed E-state index contributed by atoms with van der Waals surface area (Å²) in [6, 6.07) is 61.5. The number of nitrogens with zero attached hydrogens (tertiary/aromatic N) is 6. The van der Waals surface area contributed by atoms with Crippen molar-refractivity contribution >= 4 is 34.1 Å². The summed E-state index contributed by atoms with van der Waals surface area (Å²) in [5, 5.41) is 11.9. The summed E-state index contributed by atoms with van der Waals surface area (Å²) in [4.78, 5) is 37.6. The van der Waals surface area contributed by atoms with Crippen molar-refractivity contribution in [1.82, 2.24) is 0 Å². The van der Waals surface area contributed by atoms with Gasteiger partial charge in [-0.25, -0.2) is 30.4 Å². The predicted octanol–water partition coefficient (Wildman–Crippen LogP) is 8.75. The van der Waals surface area contributed by atoms with Gasteiger partial charge in [0.15, 0.2) is 0 Å². The monoisotopic (exact) mass is 854 g/mol. The van der Waals surface area contributed by atoms with Gasteiger partial charge >= 0.3 is 0 Å². The Morgan fingerprint density at radius 3 is 0.828 bits per heavy atom. The van der Waals surface area contributed by atoms with Crippen molar-refractivity contribution in [3.8, 4) is 0 Å². The van der Waals surface area contributed by atoms with Crippen LogP contribution in [0.15, 0.2) is 204 Å². The third kappa shape index (κ3) is 8.19. The number of para-hydroxylation sites is 6. The molecule has 0 amide bonds. The molecule has 4 saturated heterocycles. The van der Waals surface area contributed by atoms with E-state index in [1.54, 1.807) is 0 Å². The molecule has 6 aromatic carbocycles. The van der Waals surface area contributed by atoms with Crippen molar-refractivity contribution in [3.05, 3.63) is 204 Å². The molecule has 4 atom stereocenters. The zero-order chi connectivity index (χ0) is 42.7. The van der Waals surface area contributed by atoms with Crippen molar-refractivity contribution < 1.29 is 29.0 Å². The van der Waals surface area contributed by atoms with Gasteiger partial charge in [-0.3, -0.25) is 29.0 Å². The van der Waals surface area contributed by atoms with Gasteiger partial charge < -0.3 is 0 Å². The third-order valence-corrected chi connectivity index (χ3v) is 12.4. The van der Waals surface area contributed by atoms with Gasteiger partial charge in [0.1, 0.15) is 50.7 Å². The summed E-state index contributed by atoms with van der Waals surface area (Å²) in [6.07, 6.45) is -0.255. The topological polar surface area (TPSA) is 74.8 Å². The van der Waals surface area contributed by atoms with Crippen LogP contribution in [0, 0.1) is 0 Å². The molecule has 6 aliphatic heterocycles. The molecule has 0 bridgehead atoms. The van der Waals surface area contributed by atoms with Crippen LogP contribution in [0.3, 0.4) is 0 Å². The summed E-state index contributed by atoms with van der Waals surface area (Å²) in [5.74, 6) is 0. The lowest BCUT2D eigenvalue weighted by atomic mass is 9.92. The van der Waals surface area contributed by atoms with Crippen LogP contribution in [0.5, 0.6) is 0 Å². The van der Waals surface area contributed by atoms with Crippen LogP contribution in [-0.4, -0.2) is 76.9 Å². The molecule has 6 heterocycles. The standard InChI is InChI=1S/2C26H25N3O3/c2*1-4-10-20(11-5-1)27-16-23-24-17-28(21-12-6-2-7-13-21)31-19-26(24)32-29(25(23)18-30-27)22-14-8-3-9-15-22/h2*1-15,25-26H,16-19H2/t2*25-,26+/m10/s1. The molecular weight excluding hydrogens is 805 g/mol. The number of rotatable bonds is 6. The van der Waals surface area contributed by atoms with Crippen LogP contribution in [-0.2, 0) is 29.0 Å². The van der Waals surface area contributed by atoms with Crippen LogP contribution < -0.4 is 30.4 Å². The lowest BCUT2D eigenvalue weighted by Gasteiger charge is -2.49. The van der Waals surface area contributed by atoms with E-state index in [9.17, 15) is 0 Å². The molecule has 0 radical (unpaired) electrons. The second kappa shape index (κ2) is 18.2. The fourth-order valence-corrected chi connectivity index (χ4v) is 9.20. The zero-order valence-corrected chi connectivity index (χ0v) is 35.4. The van der Waals surface area contributed by atoms with Crippen molar-refractivity contribution in [2.45, 2.75) is 24.3 Å². The van der Waals surface area contributed by atoms with Gasteiger partial charge in [0.25, 0.3) is 0 Å². The summed E-state index contributed by atoms with van der Waals surface area (Å²) in [5.41, 5.74) is 11.5. The molecule has 64 heavy (non-hydrogen) atoms. The van der Waals surface area contributed by atoms with Crippen LogP contribution in [0.25, 0.3) is 0 Å². The number of fused-ring (bicyclic) bond motifs is 4. The summed E-state index contributed by atoms with van der Waals surface area (Å²) in [7, 11) is 0. The minimum atomic E-state index is -0.128. The molecule has 324 valence electrons. The highest BCUT2D eigenvalue weighted by molar-refractivity contribution is 5.57. The average molecular weight is 855 g/mol. The van der Waals surface area contributed by atoms with E-state index in [4.69, 9.17) is 29.0 Å². The smallest absolute Gasteiger partial charge is 0.135 e. The van der Waals surface area contributed by atoms with Gasteiger partial charge in [0, 0.05) is 0 Å². The Kier molecular flexibility index (Phi) is 11.4. The fraction of sp³-hybridized carbons (Fsp3) is 0.231. The van der Waals surface area contributed by atoms with Gasteiger partial charge in [-0.15, -0.1) is 0 Å². The molecule has 0 aromatic heterocycles. The molecule has 0 saturated carbocycles. The number of benzene rings is 6. The fourth-order valence-electron chi connectivity index (χ4n) is 9.20. The van der Waals surface area contributed by atoms with Gasteiger partial charge in [-0.2, -0.15) is 0 Å². The van der Waals surface area contributed by atoms with Crippen LogP contribution in [0.4, 0.5) is 34.1 Å². The van der Waals surface area contributed by atoms with Crippen molar-refractivity contribution in [2.75, 3.05) is 83.0 Å². The minimum absolute atomic E-state index is 0.0133. The van der Waals surface area contributed by atoms with Crippen LogP contribution in [0.2, 0.25) is 0 Å². The van der Waals surface area contributed by atoms with E-state index < -0.39 is 0 Å². The maximum absolute atomic E-state index is 6.50. The molecule has 0 spiro atoms. The summed E-state index contributed by atoms with van der Waals surface area (Å²) >= 11 is 0. The molecule has 0 N–H and O–H groups in total. The van der Waals surface area contributed by atoms with Gasteiger partial charge in [-0.1, -0.05) is 109 Å². The largest absolute Gasteiger partial charge is 0.271 e. The Bertz CT molecular complexity index is 2360. The first-order chi connectivity index (χ1) is 31.7. The Morgan fingerprint density at radius 2 is 0.531 bits per heavy atom. The quantitative estimate of drug-likeness (QED) is 0.151. The highest BCUT2D eigenvalue weighted by atomic mass is 16.7. The molecule has 12 rings (SSSR count). The second-order valence-corrected chi connectivity index (χ2v) is 16.3. The highest BCUT2D eigenvalue weighted by Gasteiger charge is 2.45. The Morgan fingerprint density at radius 1 is 0.281 bits per heavy atom. The molecule has 12 nitrogen and oxygen atoms in total. The maximum Gasteiger partial charge on any atom is 0.135 e. The van der Waals surface area contributed by atoms with Crippen LogP contribution >= 0.6 is 0 Å². The van der Waals surface area contributed by atoms with Crippen molar-refractivity contribution in [1.29, 1.82) is 0 Å². The molecule has 6 aliphatic rings. The first-order valence-electron chi connectivity index (χ1n) is 22.0. The third-order valence-electron chi connectivity index (χ3n) is 12.4. The van der Waals surface area contributed by atoms with E-state index in [0.717, 1.165) is 34.1 Å². The van der Waals surface area contributed by atoms with Gasteiger partial charge in [0.2, 0.25) is 0 Å². The molecular formula is C52H50N6O6. The number of hydrogen-bond acceptors (Lipinski definition) is 12. The lowest BCUT2D eigenvalue weighted by Crippen LogP contribution is -2.58. The number of hydroxylamine groups is 6. The summed E-state index contributed by atoms with van der Waals surface area (Å²) in [6.45, 7) is 4.69. The van der Waals surface area contributed by atoms with E-state index in [1.165, 1.54) is 22.3 Å². The highest BCUT2D eigenvalue weighted by Crippen LogP contribution is 2.40. The van der Waals surface area contributed by atoms with Crippen LogP contribution in [0.1, 0.15) is 0 Å². The number of anilines is 6. The first kappa shape index (κ1) is 40.2. The molecule has 12 heteroatoms. The molecule has 0 aliphatic carbocycles. The van der Waals surface area contributed by atoms with E-state index in [-0.39, 0.29) is 24.3 Å². The second-order valence-electron chi connectivity index (χ2n) is 16.3. The number of hydrogen-bond donors (Lipinski definition) is 0. The van der Waals surface area contributed by atoms with E-state index >= 15 is 0 Å². The van der Waals surface area contributed by atoms with E-state index in [1.807, 2.05) is 140 Å². The molecule has 0 unspecified atom stereocenters. The SMILES string of the molecule is c1ccc(N2CC3=C4CN(c5ccccc5)OC[C@@H]4N(c4ccccc4)O[C@@H]3CO2)cc1.c1ccc(N2CC3=C4CN(c5ccccc5)OC[C@H]4N(c4ccccc4)O[C@H]3CO2)cc1. The van der Waals surface area contributed by atoms with E-state index in [0.29, 0.717) is 52.6 Å². The predicted molar refractivity (Wildman–Crippen MR) is 248 cm³/mol. The lowest BCUT2D eigenvalue weighted by molar-refractivity contribution is -0.0664. The maximum atomic E-state index is 6.50. The zero-order valence-electron chi connectivity index (χ0n) is 35.4. The first-order valence-corrected chi connectivity index (χ1v) is 22.0. The van der Waals surface area contributed by atoms with Crippen molar-refractivity contribution in [2.24, 2.45) is 0 Å². The normalized spacial score (nSPS) is 23.1. The Labute approximate surface area is 373 Å². The van der Waals surface area contributed by atoms with E-state index in [2.05, 4.69) is 72.8 Å². The van der Waals surface area contributed by atoms with Crippen molar-refractivity contribution in [3.63, 3.8) is 0 Å². The average Bonchev–Trinajstić information content (AvgIpc) is 3.39. The van der Waals surface area contributed by atoms with Gasteiger partial charge in [0.05, 0.1) is 60.3 Å².